The first-order valence-electron chi connectivity index (χ1n) is 5.04. The maximum atomic E-state index is 6.01. The largest absolute Gasteiger partial charge is 0.495 e. The Morgan fingerprint density at radius 1 is 1.57 bits per heavy atom. The third-order valence-electron chi connectivity index (χ3n) is 2.24. The third kappa shape index (κ3) is 2.70. The molecule has 0 radical (unpaired) electrons. The molecule has 3 nitrogen and oxygen atoms in total. The van der Waals surface area contributed by atoms with Gasteiger partial charge in [0.15, 0.2) is 0 Å². The number of aromatic nitrogens is 1. The predicted molar refractivity (Wildman–Crippen MR) is 57.2 cm³/mol. The van der Waals surface area contributed by atoms with Crippen LogP contribution in [0.2, 0.25) is 0 Å². The van der Waals surface area contributed by atoms with Crippen molar-refractivity contribution in [2.45, 2.75) is 32.2 Å². The molecule has 1 unspecified atom stereocenters. The minimum absolute atomic E-state index is 0.00824. The van der Waals surface area contributed by atoms with Crippen LogP contribution in [0.15, 0.2) is 18.3 Å². The average Bonchev–Trinajstić information content (AvgIpc) is 2.25. The van der Waals surface area contributed by atoms with Crippen molar-refractivity contribution >= 4 is 0 Å². The molecule has 0 fully saturated rings. The van der Waals surface area contributed by atoms with Gasteiger partial charge in [0.1, 0.15) is 5.75 Å². The fraction of sp³-hybridized carbons (Fsp3) is 0.545. The van der Waals surface area contributed by atoms with Crippen molar-refractivity contribution in [2.24, 2.45) is 5.73 Å². The zero-order chi connectivity index (χ0) is 10.4. The highest BCUT2D eigenvalue weighted by molar-refractivity contribution is 5.29. The molecule has 0 aromatic carbocycles. The zero-order valence-electron chi connectivity index (χ0n) is 8.86. The van der Waals surface area contributed by atoms with Crippen LogP contribution in [-0.2, 0) is 0 Å². The standard InChI is InChI=1S/C11H18N2O/c1-3-4-6-9(12)11-10(14-2)7-5-8-13-11/h5,7-9H,3-4,6,12H2,1-2H3. The number of nitrogens with two attached hydrogens (primary N) is 1. The maximum absolute atomic E-state index is 6.01. The van der Waals surface area contributed by atoms with Gasteiger partial charge in [-0.2, -0.15) is 0 Å². The smallest absolute Gasteiger partial charge is 0.141 e. The summed E-state index contributed by atoms with van der Waals surface area (Å²) in [5, 5.41) is 0. The Morgan fingerprint density at radius 3 is 3.00 bits per heavy atom. The fourth-order valence-corrected chi connectivity index (χ4v) is 1.41. The van der Waals surface area contributed by atoms with Gasteiger partial charge in [0.25, 0.3) is 0 Å². The van der Waals surface area contributed by atoms with Crippen molar-refractivity contribution in [1.82, 2.24) is 4.98 Å². The van der Waals surface area contributed by atoms with E-state index in [1.54, 1.807) is 13.3 Å². The normalized spacial score (nSPS) is 12.5. The molecule has 1 atom stereocenters. The average molecular weight is 194 g/mol. The molecule has 1 rings (SSSR count). The van der Waals surface area contributed by atoms with Crippen LogP contribution < -0.4 is 10.5 Å². The first-order chi connectivity index (χ1) is 6.79. The summed E-state index contributed by atoms with van der Waals surface area (Å²) in [7, 11) is 1.65. The SMILES string of the molecule is CCCCC(N)c1ncccc1OC. The van der Waals surface area contributed by atoms with Crippen LogP contribution in [0.5, 0.6) is 5.75 Å². The van der Waals surface area contributed by atoms with E-state index in [0.717, 1.165) is 30.7 Å². The Kier molecular flexibility index (Phi) is 4.40. The molecule has 0 bridgehead atoms. The van der Waals surface area contributed by atoms with Crippen molar-refractivity contribution in [2.75, 3.05) is 7.11 Å². The maximum Gasteiger partial charge on any atom is 0.141 e. The second kappa shape index (κ2) is 5.60. The summed E-state index contributed by atoms with van der Waals surface area (Å²) in [6.45, 7) is 2.16. The molecular formula is C11H18N2O. The van der Waals surface area contributed by atoms with Crippen molar-refractivity contribution in [3.05, 3.63) is 24.0 Å². The van der Waals surface area contributed by atoms with Gasteiger partial charge in [-0.05, 0) is 18.6 Å². The number of nitrogens with zero attached hydrogens (tertiary/aromatic N) is 1. The number of hydrogen-bond acceptors (Lipinski definition) is 3. The Morgan fingerprint density at radius 2 is 2.36 bits per heavy atom. The number of pyridine rings is 1. The van der Waals surface area contributed by atoms with E-state index < -0.39 is 0 Å². The Labute approximate surface area is 85.3 Å². The van der Waals surface area contributed by atoms with Crippen molar-refractivity contribution in [1.29, 1.82) is 0 Å². The minimum Gasteiger partial charge on any atom is -0.495 e. The highest BCUT2D eigenvalue weighted by Gasteiger charge is 2.11. The lowest BCUT2D eigenvalue weighted by Gasteiger charge is -2.13. The van der Waals surface area contributed by atoms with Crippen LogP contribution in [0.3, 0.4) is 0 Å². The van der Waals surface area contributed by atoms with Crippen LogP contribution in [0.1, 0.15) is 37.9 Å². The summed E-state index contributed by atoms with van der Waals surface area (Å²) in [4.78, 5) is 4.25. The number of hydrogen-bond donors (Lipinski definition) is 1. The van der Waals surface area contributed by atoms with Gasteiger partial charge < -0.3 is 10.5 Å². The van der Waals surface area contributed by atoms with Gasteiger partial charge in [-0.1, -0.05) is 19.8 Å². The van der Waals surface area contributed by atoms with Crippen LogP contribution in [0.25, 0.3) is 0 Å². The van der Waals surface area contributed by atoms with E-state index in [9.17, 15) is 0 Å². The zero-order valence-corrected chi connectivity index (χ0v) is 8.86. The molecule has 1 heterocycles. The van der Waals surface area contributed by atoms with E-state index in [-0.39, 0.29) is 6.04 Å². The van der Waals surface area contributed by atoms with E-state index in [1.165, 1.54) is 0 Å². The molecule has 2 N–H and O–H groups in total. The highest BCUT2D eigenvalue weighted by Crippen LogP contribution is 2.23. The second-order valence-corrected chi connectivity index (χ2v) is 3.34. The van der Waals surface area contributed by atoms with Crippen molar-refractivity contribution in [3.8, 4) is 5.75 Å². The monoisotopic (exact) mass is 194 g/mol. The van der Waals surface area contributed by atoms with Crippen LogP contribution in [0.4, 0.5) is 0 Å². The van der Waals surface area contributed by atoms with Gasteiger partial charge in [-0.25, -0.2) is 0 Å². The van der Waals surface area contributed by atoms with Gasteiger partial charge in [0.2, 0.25) is 0 Å². The van der Waals surface area contributed by atoms with E-state index in [1.807, 2.05) is 12.1 Å². The topological polar surface area (TPSA) is 48.1 Å². The molecule has 0 saturated carbocycles. The van der Waals surface area contributed by atoms with Gasteiger partial charge >= 0.3 is 0 Å². The molecule has 0 amide bonds. The van der Waals surface area contributed by atoms with Gasteiger partial charge in [-0.15, -0.1) is 0 Å². The Bertz CT molecular complexity index is 276. The summed E-state index contributed by atoms with van der Waals surface area (Å²) in [5.41, 5.74) is 6.88. The summed E-state index contributed by atoms with van der Waals surface area (Å²) >= 11 is 0. The Balaban J connectivity index is 2.72. The highest BCUT2D eigenvalue weighted by atomic mass is 16.5. The molecule has 78 valence electrons. The quantitative estimate of drug-likeness (QED) is 0.782. The minimum atomic E-state index is -0.00824. The predicted octanol–water partition coefficient (Wildman–Crippen LogP) is 2.28. The second-order valence-electron chi connectivity index (χ2n) is 3.34. The molecule has 0 aliphatic carbocycles. The van der Waals surface area contributed by atoms with E-state index in [2.05, 4.69) is 11.9 Å². The van der Waals surface area contributed by atoms with Crippen molar-refractivity contribution in [3.63, 3.8) is 0 Å². The lowest BCUT2D eigenvalue weighted by Crippen LogP contribution is -2.13. The van der Waals surface area contributed by atoms with Crippen LogP contribution >= 0.6 is 0 Å². The number of methoxy groups -OCH3 is 1. The number of ether oxygens (including phenoxy) is 1. The number of rotatable bonds is 5. The number of unbranched alkanes of at least 4 members (excludes halogenated alkanes) is 1. The van der Waals surface area contributed by atoms with Gasteiger partial charge in [0.05, 0.1) is 18.8 Å². The molecular weight excluding hydrogens is 176 g/mol. The summed E-state index contributed by atoms with van der Waals surface area (Å²) < 4.78 is 5.20. The summed E-state index contributed by atoms with van der Waals surface area (Å²) in [5.74, 6) is 0.788. The molecule has 0 spiro atoms. The first-order valence-corrected chi connectivity index (χ1v) is 5.04. The van der Waals surface area contributed by atoms with E-state index in [4.69, 9.17) is 10.5 Å². The third-order valence-corrected chi connectivity index (χ3v) is 2.24. The summed E-state index contributed by atoms with van der Waals surface area (Å²) in [6.07, 6.45) is 5.00. The molecule has 3 heteroatoms. The van der Waals surface area contributed by atoms with E-state index >= 15 is 0 Å². The van der Waals surface area contributed by atoms with E-state index in [0.29, 0.717) is 0 Å². The molecule has 14 heavy (non-hydrogen) atoms. The van der Waals surface area contributed by atoms with Gasteiger partial charge in [0, 0.05) is 6.20 Å². The van der Waals surface area contributed by atoms with Crippen LogP contribution in [-0.4, -0.2) is 12.1 Å². The lowest BCUT2D eigenvalue weighted by molar-refractivity contribution is 0.399. The molecule has 0 aliphatic rings. The molecule has 1 aromatic heterocycles. The molecule has 0 saturated heterocycles. The summed E-state index contributed by atoms with van der Waals surface area (Å²) in [6, 6.07) is 3.74. The lowest BCUT2D eigenvalue weighted by atomic mass is 10.1. The molecule has 1 aromatic rings. The first kappa shape index (κ1) is 11.0. The Hall–Kier alpha value is -1.09. The van der Waals surface area contributed by atoms with Gasteiger partial charge in [-0.3, -0.25) is 4.98 Å². The van der Waals surface area contributed by atoms with Crippen molar-refractivity contribution < 1.29 is 4.74 Å². The molecule has 0 aliphatic heterocycles. The van der Waals surface area contributed by atoms with Crippen LogP contribution in [0, 0.1) is 0 Å². The fourth-order valence-electron chi connectivity index (χ4n) is 1.41.